The summed E-state index contributed by atoms with van der Waals surface area (Å²) < 4.78 is 0. The highest BCUT2D eigenvalue weighted by Gasteiger charge is 2.36. The van der Waals surface area contributed by atoms with Crippen LogP contribution in [0, 0.1) is 11.8 Å². The molecule has 1 heterocycles. The molecule has 1 aliphatic carbocycles. The first-order valence-corrected chi connectivity index (χ1v) is 11.6. The summed E-state index contributed by atoms with van der Waals surface area (Å²) in [6, 6.07) is -0.516. The molecule has 1 fully saturated rings. The van der Waals surface area contributed by atoms with Gasteiger partial charge in [-0.05, 0) is 24.7 Å². The molecule has 0 bridgehead atoms. The van der Waals surface area contributed by atoms with Crippen molar-refractivity contribution in [2.24, 2.45) is 11.8 Å². The molecule has 3 atom stereocenters. The number of aromatic amines is 1. The molecule has 1 aromatic heterocycles. The summed E-state index contributed by atoms with van der Waals surface area (Å²) in [5.74, 6) is 0.245. The lowest BCUT2D eigenvalue weighted by Gasteiger charge is -2.39. The van der Waals surface area contributed by atoms with Crippen LogP contribution in [0.4, 0.5) is 0 Å². The second kappa shape index (κ2) is 12.8. The van der Waals surface area contributed by atoms with Crippen LogP contribution in [0.2, 0.25) is 0 Å². The zero-order valence-electron chi connectivity index (χ0n) is 19.2. The van der Waals surface area contributed by atoms with E-state index in [9.17, 15) is 19.8 Å². The second-order valence-electron chi connectivity index (χ2n) is 9.27. The first kappa shape index (κ1) is 25.3. The van der Waals surface area contributed by atoms with Gasteiger partial charge in [-0.1, -0.05) is 46.0 Å². The molecule has 8 heteroatoms. The van der Waals surface area contributed by atoms with Crippen LogP contribution in [-0.2, 0) is 16.1 Å². The van der Waals surface area contributed by atoms with Crippen LogP contribution in [-0.4, -0.2) is 62.2 Å². The molecule has 0 aromatic carbocycles. The maximum absolute atomic E-state index is 13.2. The smallest absolute Gasteiger partial charge is 0.223 e. The fourth-order valence-electron chi connectivity index (χ4n) is 4.53. The summed E-state index contributed by atoms with van der Waals surface area (Å²) in [5.41, 5.74) is 0.757. The number of nitrogens with zero attached hydrogens (tertiary/aromatic N) is 2. The lowest BCUT2D eigenvalue weighted by Crippen LogP contribution is -2.52. The van der Waals surface area contributed by atoms with Crippen molar-refractivity contribution in [2.45, 2.75) is 96.4 Å². The molecule has 0 radical (unpaired) electrons. The fourth-order valence-corrected chi connectivity index (χ4v) is 4.53. The van der Waals surface area contributed by atoms with Crippen molar-refractivity contribution in [3.8, 4) is 0 Å². The minimum absolute atomic E-state index is 0.0575. The van der Waals surface area contributed by atoms with Gasteiger partial charge in [-0.2, -0.15) is 0 Å². The summed E-state index contributed by atoms with van der Waals surface area (Å²) in [6.07, 6.45) is 8.22. The van der Waals surface area contributed by atoms with E-state index in [0.29, 0.717) is 18.8 Å². The average Bonchev–Trinajstić information content (AvgIpc) is 3.27. The van der Waals surface area contributed by atoms with E-state index in [-0.39, 0.29) is 37.1 Å². The zero-order valence-corrected chi connectivity index (χ0v) is 19.2. The Morgan fingerprint density at radius 2 is 1.94 bits per heavy atom. The van der Waals surface area contributed by atoms with Crippen LogP contribution in [0.25, 0.3) is 0 Å². The molecule has 31 heavy (non-hydrogen) atoms. The van der Waals surface area contributed by atoms with E-state index in [1.165, 1.54) is 6.42 Å². The van der Waals surface area contributed by atoms with Gasteiger partial charge >= 0.3 is 0 Å². The third-order valence-corrected chi connectivity index (χ3v) is 6.26. The Hall–Kier alpha value is -1.93. The number of hydrogen-bond donors (Lipinski definition) is 4. The number of hydrogen-bond acceptors (Lipinski definition) is 5. The molecule has 1 aliphatic rings. The highest BCUT2D eigenvalue weighted by Crippen LogP contribution is 2.31. The molecule has 176 valence electrons. The van der Waals surface area contributed by atoms with Crippen LogP contribution in [0.5, 0.6) is 0 Å². The van der Waals surface area contributed by atoms with Crippen molar-refractivity contribution >= 4 is 11.8 Å². The normalized spacial score (nSPS) is 17.9. The van der Waals surface area contributed by atoms with E-state index in [4.69, 9.17) is 0 Å². The van der Waals surface area contributed by atoms with Gasteiger partial charge in [-0.25, -0.2) is 4.98 Å². The van der Waals surface area contributed by atoms with Crippen LogP contribution in [0.15, 0.2) is 12.5 Å². The van der Waals surface area contributed by atoms with Gasteiger partial charge in [0.25, 0.3) is 0 Å². The second-order valence-corrected chi connectivity index (χ2v) is 9.27. The van der Waals surface area contributed by atoms with E-state index < -0.39 is 18.2 Å². The molecule has 0 aliphatic heterocycles. The van der Waals surface area contributed by atoms with Crippen molar-refractivity contribution in [3.05, 3.63) is 18.2 Å². The van der Waals surface area contributed by atoms with Gasteiger partial charge in [0.1, 0.15) is 6.10 Å². The third kappa shape index (κ3) is 8.26. The SMILES string of the molecule is CNC(=O)CCC(=O)N(Cc1cnc[nH]1)[C@@H](CC1CCCCC1)[C@@H](O)[C@@H](O)CC(C)C. The number of aliphatic hydroxyl groups is 2. The fraction of sp³-hybridized carbons (Fsp3) is 0.783. The molecule has 4 N–H and O–H groups in total. The third-order valence-electron chi connectivity index (χ3n) is 6.26. The van der Waals surface area contributed by atoms with E-state index in [0.717, 1.165) is 31.4 Å². The summed E-state index contributed by atoms with van der Waals surface area (Å²) in [5, 5.41) is 24.5. The Labute approximate surface area is 185 Å². The first-order valence-electron chi connectivity index (χ1n) is 11.6. The molecule has 2 amide bonds. The number of H-pyrrole nitrogens is 1. The Morgan fingerprint density at radius 3 is 2.52 bits per heavy atom. The van der Waals surface area contributed by atoms with Crippen molar-refractivity contribution in [3.63, 3.8) is 0 Å². The van der Waals surface area contributed by atoms with Crippen molar-refractivity contribution in [1.82, 2.24) is 20.2 Å². The number of nitrogens with one attached hydrogen (secondary N) is 2. The van der Waals surface area contributed by atoms with Gasteiger partial charge in [0.2, 0.25) is 11.8 Å². The van der Waals surface area contributed by atoms with Crippen LogP contribution < -0.4 is 5.32 Å². The molecular formula is C23H40N4O4. The quantitative estimate of drug-likeness (QED) is 0.401. The van der Waals surface area contributed by atoms with Gasteiger partial charge in [-0.3, -0.25) is 9.59 Å². The summed E-state index contributed by atoms with van der Waals surface area (Å²) >= 11 is 0. The topological polar surface area (TPSA) is 119 Å². The monoisotopic (exact) mass is 436 g/mol. The Bertz CT molecular complexity index is 659. The maximum atomic E-state index is 13.2. The molecule has 2 rings (SSSR count). The number of amides is 2. The molecule has 1 aromatic rings. The lowest BCUT2D eigenvalue weighted by molar-refractivity contribution is -0.142. The largest absolute Gasteiger partial charge is 0.390 e. The highest BCUT2D eigenvalue weighted by molar-refractivity contribution is 5.83. The number of imidazole rings is 1. The van der Waals surface area contributed by atoms with Crippen molar-refractivity contribution in [1.29, 1.82) is 0 Å². The molecule has 1 saturated carbocycles. The Balaban J connectivity index is 2.27. The van der Waals surface area contributed by atoms with Gasteiger partial charge in [0.15, 0.2) is 0 Å². The predicted molar refractivity (Wildman–Crippen MR) is 119 cm³/mol. The molecule has 0 spiro atoms. The van der Waals surface area contributed by atoms with E-state index in [2.05, 4.69) is 15.3 Å². The highest BCUT2D eigenvalue weighted by atomic mass is 16.3. The molecular weight excluding hydrogens is 396 g/mol. The van der Waals surface area contributed by atoms with Crippen LogP contribution >= 0.6 is 0 Å². The first-order chi connectivity index (χ1) is 14.8. The zero-order chi connectivity index (χ0) is 22.8. The number of carbonyl (C=O) groups excluding carboxylic acids is 2. The summed E-state index contributed by atoms with van der Waals surface area (Å²) in [4.78, 5) is 33.7. The van der Waals surface area contributed by atoms with E-state index >= 15 is 0 Å². The van der Waals surface area contributed by atoms with Crippen LogP contribution in [0.1, 0.15) is 77.3 Å². The summed E-state index contributed by atoms with van der Waals surface area (Å²) in [6.45, 7) is 4.27. The van der Waals surface area contributed by atoms with Gasteiger partial charge < -0.3 is 25.4 Å². The minimum atomic E-state index is -1.05. The standard InChI is InChI=1S/C23H40N4O4/c1-16(2)11-20(28)23(31)19(12-17-7-5-4-6-8-17)27(14-18-13-25-15-26-18)22(30)10-9-21(29)24-3/h13,15-17,19-20,23,28,31H,4-12,14H2,1-3H3,(H,24,29)(H,25,26)/t19-,20-,23+/m0/s1. The number of aliphatic hydroxyl groups excluding tert-OH is 2. The number of rotatable bonds is 12. The molecule has 8 nitrogen and oxygen atoms in total. The van der Waals surface area contributed by atoms with E-state index in [1.54, 1.807) is 24.5 Å². The average molecular weight is 437 g/mol. The summed E-state index contributed by atoms with van der Waals surface area (Å²) in [7, 11) is 1.55. The van der Waals surface area contributed by atoms with Crippen molar-refractivity contribution in [2.75, 3.05) is 7.05 Å². The molecule has 0 saturated heterocycles. The lowest BCUT2D eigenvalue weighted by atomic mass is 9.81. The number of aromatic nitrogens is 2. The Morgan fingerprint density at radius 1 is 1.23 bits per heavy atom. The van der Waals surface area contributed by atoms with Gasteiger partial charge in [0.05, 0.1) is 30.7 Å². The predicted octanol–water partition coefficient (Wildman–Crippen LogP) is 2.37. The maximum Gasteiger partial charge on any atom is 0.223 e. The molecule has 0 unspecified atom stereocenters. The van der Waals surface area contributed by atoms with Crippen molar-refractivity contribution < 1.29 is 19.8 Å². The van der Waals surface area contributed by atoms with Gasteiger partial charge in [0, 0.05) is 26.1 Å². The van der Waals surface area contributed by atoms with Gasteiger partial charge in [-0.15, -0.1) is 0 Å². The number of carbonyl (C=O) groups is 2. The van der Waals surface area contributed by atoms with Crippen LogP contribution in [0.3, 0.4) is 0 Å². The minimum Gasteiger partial charge on any atom is -0.390 e. The Kier molecular flexibility index (Phi) is 10.5. The van der Waals surface area contributed by atoms with E-state index in [1.807, 2.05) is 13.8 Å².